The molecule has 2 aliphatic heterocycles. The van der Waals surface area contributed by atoms with Crippen molar-refractivity contribution in [2.75, 3.05) is 6.61 Å². The van der Waals surface area contributed by atoms with Crippen molar-refractivity contribution in [2.24, 2.45) is 0 Å². The van der Waals surface area contributed by atoms with E-state index in [1.165, 1.54) is 0 Å². The van der Waals surface area contributed by atoms with Crippen LogP contribution in [-0.4, -0.2) is 12.4 Å². The van der Waals surface area contributed by atoms with Gasteiger partial charge >= 0.3 is 0 Å². The first-order valence-electron chi connectivity index (χ1n) is 6.09. The van der Waals surface area contributed by atoms with E-state index in [0.29, 0.717) is 0 Å². The fourth-order valence-corrected chi connectivity index (χ4v) is 2.56. The fraction of sp³-hybridized carbons (Fsp3) is 0.0625. The molecule has 0 aromatic heterocycles. The number of ether oxygens (including phenoxy) is 2. The average molecular weight is 250 g/mol. The van der Waals surface area contributed by atoms with Gasteiger partial charge in [0.15, 0.2) is 12.4 Å². The molecule has 3 nitrogen and oxygen atoms in total. The van der Waals surface area contributed by atoms with E-state index in [-0.39, 0.29) is 12.4 Å². The van der Waals surface area contributed by atoms with Crippen LogP contribution in [-0.2, 0) is 4.79 Å². The van der Waals surface area contributed by atoms with Crippen LogP contribution >= 0.6 is 0 Å². The molecule has 92 valence electrons. The molecule has 4 rings (SSSR count). The van der Waals surface area contributed by atoms with Gasteiger partial charge < -0.3 is 9.47 Å². The van der Waals surface area contributed by atoms with Crippen LogP contribution in [0.3, 0.4) is 0 Å². The molecular formula is C16H10O3. The molecule has 0 amide bonds. The number of hydrogen-bond donors (Lipinski definition) is 0. The molecule has 2 aliphatic rings. The Balaban J connectivity index is 2.20. The third-order valence-corrected chi connectivity index (χ3v) is 3.42. The molecule has 0 spiro atoms. The predicted octanol–water partition coefficient (Wildman–Crippen LogP) is 1.27. The number of hydrogen-bond acceptors (Lipinski definition) is 3. The van der Waals surface area contributed by atoms with E-state index in [9.17, 15) is 4.79 Å². The fourth-order valence-electron chi connectivity index (χ4n) is 2.56. The highest BCUT2D eigenvalue weighted by Crippen LogP contribution is 2.19. The summed E-state index contributed by atoms with van der Waals surface area (Å²) in [4.78, 5) is 11.5. The zero-order chi connectivity index (χ0) is 12.8. The molecule has 0 saturated carbocycles. The summed E-state index contributed by atoms with van der Waals surface area (Å²) < 4.78 is 10.9. The number of rotatable bonds is 0. The third-order valence-electron chi connectivity index (χ3n) is 3.42. The van der Waals surface area contributed by atoms with Gasteiger partial charge in [0, 0.05) is 10.4 Å². The largest absolute Gasteiger partial charge is 0.485 e. The van der Waals surface area contributed by atoms with Gasteiger partial charge in [0.2, 0.25) is 0 Å². The number of carbonyl (C=O) groups excluding carboxylic acids is 1. The highest BCUT2D eigenvalue weighted by Gasteiger charge is 2.13. The van der Waals surface area contributed by atoms with Gasteiger partial charge in [0.1, 0.15) is 11.5 Å². The van der Waals surface area contributed by atoms with Crippen molar-refractivity contribution in [3.05, 3.63) is 47.0 Å². The van der Waals surface area contributed by atoms with Gasteiger partial charge in [-0.05, 0) is 53.3 Å². The van der Waals surface area contributed by atoms with Crippen molar-refractivity contribution in [1.29, 1.82) is 0 Å². The number of ketones is 1. The molecule has 0 fully saturated rings. The minimum Gasteiger partial charge on any atom is -0.485 e. The first-order chi connectivity index (χ1) is 9.33. The summed E-state index contributed by atoms with van der Waals surface area (Å²) in [5.74, 6) is 1.59. The van der Waals surface area contributed by atoms with E-state index in [2.05, 4.69) is 0 Å². The van der Waals surface area contributed by atoms with E-state index < -0.39 is 0 Å². The van der Waals surface area contributed by atoms with Crippen LogP contribution in [0.5, 0.6) is 11.5 Å². The Morgan fingerprint density at radius 2 is 1.74 bits per heavy atom. The standard InChI is InChI=1S/C16H10O3/c17-10-8-14-12-4-5-15-13(2-1-7-18-15)11(12)3-6-16(14)19-9-10/h1-8H,9H2. The second-order valence-corrected chi connectivity index (χ2v) is 4.56. The SMILES string of the molecule is O=C1C=c2c(ccc3c4c(ccc23)OC=CC=4)OC1. The second kappa shape index (κ2) is 3.72. The number of allylic oxidation sites excluding steroid dienone is 1. The molecule has 2 heterocycles. The first kappa shape index (κ1) is 10.4. The van der Waals surface area contributed by atoms with Gasteiger partial charge in [-0.15, -0.1) is 0 Å². The summed E-state index contributed by atoms with van der Waals surface area (Å²) in [6.45, 7) is 0.126. The molecule has 2 aromatic carbocycles. The molecular weight excluding hydrogens is 240 g/mol. The monoisotopic (exact) mass is 250 g/mol. The molecule has 0 bridgehead atoms. The zero-order valence-corrected chi connectivity index (χ0v) is 10.1. The zero-order valence-electron chi connectivity index (χ0n) is 10.1. The molecule has 3 heteroatoms. The third kappa shape index (κ3) is 1.48. The molecule has 0 atom stereocenters. The van der Waals surface area contributed by atoms with E-state index in [1.807, 2.05) is 36.4 Å². The van der Waals surface area contributed by atoms with Gasteiger partial charge in [-0.2, -0.15) is 0 Å². The van der Waals surface area contributed by atoms with Crippen molar-refractivity contribution in [3.8, 4) is 11.5 Å². The van der Waals surface area contributed by atoms with Gasteiger partial charge in [-0.1, -0.05) is 0 Å². The molecule has 0 radical (unpaired) electrons. The molecule has 0 unspecified atom stereocenters. The van der Waals surface area contributed by atoms with Crippen molar-refractivity contribution < 1.29 is 14.3 Å². The van der Waals surface area contributed by atoms with E-state index in [4.69, 9.17) is 9.47 Å². The predicted molar refractivity (Wildman–Crippen MR) is 72.4 cm³/mol. The molecule has 0 aliphatic carbocycles. The maximum atomic E-state index is 11.5. The highest BCUT2D eigenvalue weighted by atomic mass is 16.5. The maximum Gasteiger partial charge on any atom is 0.193 e. The van der Waals surface area contributed by atoms with Gasteiger partial charge in [0.25, 0.3) is 0 Å². The van der Waals surface area contributed by atoms with Crippen molar-refractivity contribution in [1.82, 2.24) is 0 Å². The van der Waals surface area contributed by atoms with E-state index >= 15 is 0 Å². The smallest absolute Gasteiger partial charge is 0.193 e. The van der Waals surface area contributed by atoms with Crippen LogP contribution < -0.4 is 19.9 Å². The van der Waals surface area contributed by atoms with Crippen LogP contribution in [0, 0.1) is 0 Å². The summed E-state index contributed by atoms with van der Waals surface area (Å²) in [5.41, 5.74) is 0. The minimum atomic E-state index is -0.00199. The number of Topliss-reactive ketones (excluding diaryl/α,β-unsaturated/α-hetero) is 1. The van der Waals surface area contributed by atoms with Crippen LogP contribution in [0.4, 0.5) is 0 Å². The number of fused-ring (bicyclic) bond motifs is 5. The minimum absolute atomic E-state index is 0.00199. The number of benzene rings is 2. The van der Waals surface area contributed by atoms with Gasteiger partial charge in [-0.3, -0.25) is 4.79 Å². The van der Waals surface area contributed by atoms with Crippen LogP contribution in [0.2, 0.25) is 0 Å². The summed E-state index contributed by atoms with van der Waals surface area (Å²) in [5, 5.41) is 3.98. The van der Waals surface area contributed by atoms with E-state index in [0.717, 1.165) is 32.7 Å². The molecule has 19 heavy (non-hydrogen) atoms. The Hall–Kier alpha value is -2.55. The lowest BCUT2D eigenvalue weighted by atomic mass is 10.0. The molecule has 0 saturated heterocycles. The first-order valence-corrected chi connectivity index (χ1v) is 6.09. The Bertz CT molecular complexity index is 860. The molecule has 2 aromatic rings. The van der Waals surface area contributed by atoms with E-state index in [1.54, 1.807) is 12.3 Å². The van der Waals surface area contributed by atoms with Crippen LogP contribution in [0.15, 0.2) is 36.6 Å². The van der Waals surface area contributed by atoms with Crippen molar-refractivity contribution >= 4 is 28.7 Å². The number of carbonyl (C=O) groups is 1. The Morgan fingerprint density at radius 1 is 0.947 bits per heavy atom. The normalized spacial score (nSPS) is 15.7. The summed E-state index contributed by atoms with van der Waals surface area (Å²) in [6, 6.07) is 7.81. The Kier molecular flexibility index (Phi) is 2.03. The quantitative estimate of drug-likeness (QED) is 0.706. The van der Waals surface area contributed by atoms with Crippen molar-refractivity contribution in [2.45, 2.75) is 0 Å². The Morgan fingerprint density at radius 3 is 2.63 bits per heavy atom. The lowest BCUT2D eigenvalue weighted by Crippen LogP contribution is -2.24. The lowest BCUT2D eigenvalue weighted by molar-refractivity contribution is -0.115. The van der Waals surface area contributed by atoms with Crippen LogP contribution in [0.1, 0.15) is 0 Å². The van der Waals surface area contributed by atoms with Crippen molar-refractivity contribution in [3.63, 3.8) is 0 Å². The lowest BCUT2D eigenvalue weighted by Gasteiger charge is -2.14. The average Bonchev–Trinajstić information content (AvgIpc) is 2.46. The van der Waals surface area contributed by atoms with Gasteiger partial charge in [-0.25, -0.2) is 0 Å². The Labute approximate surface area is 109 Å². The van der Waals surface area contributed by atoms with Crippen LogP contribution in [0.25, 0.3) is 22.9 Å². The van der Waals surface area contributed by atoms with Gasteiger partial charge in [0.05, 0.1) is 6.26 Å². The summed E-state index contributed by atoms with van der Waals surface area (Å²) >= 11 is 0. The second-order valence-electron chi connectivity index (χ2n) is 4.56. The highest BCUT2D eigenvalue weighted by molar-refractivity contribution is 6.10. The topological polar surface area (TPSA) is 35.5 Å². The summed E-state index contributed by atoms with van der Waals surface area (Å²) in [6.07, 6.45) is 7.20. The maximum absolute atomic E-state index is 11.5. The molecule has 0 N–H and O–H groups in total. The summed E-state index contributed by atoms with van der Waals surface area (Å²) in [7, 11) is 0.